The van der Waals surface area contributed by atoms with Gasteiger partial charge in [0.15, 0.2) is 0 Å². The van der Waals surface area contributed by atoms with Crippen molar-refractivity contribution >= 4 is 23.6 Å². The SMILES string of the molecule is CCCC1=C(C(=O)OCC)C(c2ccc(Oc3ccc(Cl)cc3)cc2)NC(=O)N1. The average molecular weight is 415 g/mol. The molecule has 0 saturated heterocycles. The number of ether oxygens (including phenoxy) is 2. The van der Waals surface area contributed by atoms with Gasteiger partial charge in [0.1, 0.15) is 11.5 Å². The maximum Gasteiger partial charge on any atom is 0.338 e. The van der Waals surface area contributed by atoms with Crippen molar-refractivity contribution in [2.75, 3.05) is 6.61 Å². The Morgan fingerprint density at radius 1 is 1.03 bits per heavy atom. The molecule has 0 fully saturated rings. The number of hydrogen-bond donors (Lipinski definition) is 2. The molecule has 0 aromatic heterocycles. The van der Waals surface area contributed by atoms with Gasteiger partial charge in [-0.3, -0.25) is 0 Å². The van der Waals surface area contributed by atoms with Crippen LogP contribution in [-0.4, -0.2) is 18.6 Å². The number of benzene rings is 2. The first-order valence-electron chi connectivity index (χ1n) is 9.52. The predicted molar refractivity (Wildman–Crippen MR) is 111 cm³/mol. The lowest BCUT2D eigenvalue weighted by molar-refractivity contribution is -0.139. The van der Waals surface area contributed by atoms with Gasteiger partial charge in [0.25, 0.3) is 0 Å². The van der Waals surface area contributed by atoms with Crippen molar-refractivity contribution in [2.24, 2.45) is 0 Å². The van der Waals surface area contributed by atoms with E-state index in [1.807, 2.05) is 19.1 Å². The summed E-state index contributed by atoms with van der Waals surface area (Å²) in [6.07, 6.45) is 1.37. The number of esters is 1. The standard InChI is InChI=1S/C22H23ClN2O4/c1-3-5-18-19(21(26)28-4-2)20(25-22(27)24-18)14-6-10-16(11-7-14)29-17-12-8-15(23)9-13-17/h6-13,20H,3-5H2,1-2H3,(H2,24,25,27). The second kappa shape index (κ2) is 9.47. The highest BCUT2D eigenvalue weighted by molar-refractivity contribution is 6.30. The zero-order valence-corrected chi connectivity index (χ0v) is 17.1. The summed E-state index contributed by atoms with van der Waals surface area (Å²) in [4.78, 5) is 24.8. The molecular formula is C22H23ClN2O4. The van der Waals surface area contributed by atoms with Crippen LogP contribution in [0.4, 0.5) is 4.79 Å². The number of nitrogens with one attached hydrogen (secondary N) is 2. The van der Waals surface area contributed by atoms with Gasteiger partial charge >= 0.3 is 12.0 Å². The first-order valence-corrected chi connectivity index (χ1v) is 9.90. The van der Waals surface area contributed by atoms with E-state index in [9.17, 15) is 9.59 Å². The van der Waals surface area contributed by atoms with Crippen molar-refractivity contribution in [3.8, 4) is 11.5 Å². The Morgan fingerprint density at radius 3 is 2.24 bits per heavy atom. The monoisotopic (exact) mass is 414 g/mol. The molecule has 3 rings (SSSR count). The number of amides is 2. The van der Waals surface area contributed by atoms with Crippen LogP contribution < -0.4 is 15.4 Å². The summed E-state index contributed by atoms with van der Waals surface area (Å²) in [5, 5.41) is 6.20. The van der Waals surface area contributed by atoms with Gasteiger partial charge < -0.3 is 20.1 Å². The minimum atomic E-state index is -0.589. The lowest BCUT2D eigenvalue weighted by Crippen LogP contribution is -2.46. The molecule has 1 heterocycles. The summed E-state index contributed by atoms with van der Waals surface area (Å²) < 4.78 is 11.0. The van der Waals surface area contributed by atoms with Gasteiger partial charge in [-0.1, -0.05) is 37.1 Å². The van der Waals surface area contributed by atoms with Gasteiger partial charge in [0.05, 0.1) is 18.2 Å². The minimum absolute atomic E-state index is 0.260. The van der Waals surface area contributed by atoms with Crippen molar-refractivity contribution in [2.45, 2.75) is 32.7 Å². The second-order valence-corrected chi connectivity index (χ2v) is 6.96. The maximum absolute atomic E-state index is 12.6. The van der Waals surface area contributed by atoms with Crippen molar-refractivity contribution in [1.82, 2.24) is 10.6 Å². The molecule has 0 aliphatic carbocycles. The van der Waals surface area contributed by atoms with Gasteiger partial charge in [-0.2, -0.15) is 0 Å². The second-order valence-electron chi connectivity index (χ2n) is 6.52. The fourth-order valence-corrected chi connectivity index (χ4v) is 3.26. The number of carbonyl (C=O) groups is 2. The Hall–Kier alpha value is -2.99. The fourth-order valence-electron chi connectivity index (χ4n) is 3.13. The van der Waals surface area contributed by atoms with Crippen LogP contribution in [-0.2, 0) is 9.53 Å². The van der Waals surface area contributed by atoms with Crippen LogP contribution >= 0.6 is 11.6 Å². The highest BCUT2D eigenvalue weighted by Crippen LogP contribution is 2.31. The molecular weight excluding hydrogens is 392 g/mol. The van der Waals surface area contributed by atoms with Crippen LogP contribution in [0.5, 0.6) is 11.5 Å². The number of rotatable bonds is 7. The number of hydrogen-bond acceptors (Lipinski definition) is 4. The zero-order chi connectivity index (χ0) is 20.8. The van der Waals surface area contributed by atoms with E-state index in [1.165, 1.54) is 0 Å². The molecule has 1 aliphatic rings. The molecule has 2 N–H and O–H groups in total. The number of urea groups is 1. The van der Waals surface area contributed by atoms with Gasteiger partial charge in [-0.15, -0.1) is 0 Å². The number of carbonyl (C=O) groups excluding carboxylic acids is 2. The highest BCUT2D eigenvalue weighted by Gasteiger charge is 2.33. The Balaban J connectivity index is 1.87. The van der Waals surface area contributed by atoms with E-state index in [4.69, 9.17) is 21.1 Å². The summed E-state index contributed by atoms with van der Waals surface area (Å²) >= 11 is 5.89. The van der Waals surface area contributed by atoms with E-state index in [0.29, 0.717) is 34.2 Å². The summed E-state index contributed by atoms with van der Waals surface area (Å²) in [6, 6.07) is 13.4. The van der Waals surface area contributed by atoms with Crippen molar-refractivity contribution < 1.29 is 19.1 Å². The van der Waals surface area contributed by atoms with Crippen LogP contribution in [0.25, 0.3) is 0 Å². The summed E-state index contributed by atoms with van der Waals surface area (Å²) in [6.45, 7) is 4.00. The fraction of sp³-hybridized carbons (Fsp3) is 0.273. The van der Waals surface area contributed by atoms with Crippen LogP contribution in [0.15, 0.2) is 59.8 Å². The maximum atomic E-state index is 12.6. The van der Waals surface area contributed by atoms with Crippen molar-refractivity contribution in [3.05, 3.63) is 70.4 Å². The van der Waals surface area contributed by atoms with E-state index < -0.39 is 12.0 Å². The molecule has 0 bridgehead atoms. The van der Waals surface area contributed by atoms with Gasteiger partial charge in [-0.05, 0) is 55.3 Å². The van der Waals surface area contributed by atoms with E-state index in [2.05, 4.69) is 10.6 Å². The Bertz CT molecular complexity index is 907. The summed E-state index contributed by atoms with van der Waals surface area (Å²) in [5.41, 5.74) is 1.79. The Morgan fingerprint density at radius 2 is 1.66 bits per heavy atom. The third-order valence-corrected chi connectivity index (χ3v) is 4.66. The van der Waals surface area contributed by atoms with E-state index in [-0.39, 0.29) is 12.6 Å². The topological polar surface area (TPSA) is 76.7 Å². The lowest BCUT2D eigenvalue weighted by atomic mass is 9.94. The van der Waals surface area contributed by atoms with E-state index >= 15 is 0 Å². The summed E-state index contributed by atoms with van der Waals surface area (Å²) in [5.74, 6) is 0.858. The molecule has 1 unspecified atom stereocenters. The normalized spacial score (nSPS) is 16.1. The molecule has 2 aromatic rings. The Kier molecular flexibility index (Phi) is 6.77. The molecule has 0 saturated carbocycles. The molecule has 7 heteroatoms. The molecule has 1 atom stereocenters. The molecule has 29 heavy (non-hydrogen) atoms. The van der Waals surface area contributed by atoms with Crippen molar-refractivity contribution in [3.63, 3.8) is 0 Å². The molecule has 0 radical (unpaired) electrons. The smallest absolute Gasteiger partial charge is 0.338 e. The first-order chi connectivity index (χ1) is 14.0. The average Bonchev–Trinajstić information content (AvgIpc) is 2.70. The van der Waals surface area contributed by atoms with Crippen LogP contribution in [0.1, 0.15) is 38.3 Å². The largest absolute Gasteiger partial charge is 0.463 e. The van der Waals surface area contributed by atoms with Gasteiger partial charge in [0, 0.05) is 10.7 Å². The molecule has 2 amide bonds. The number of allylic oxidation sites excluding steroid dienone is 1. The predicted octanol–water partition coefficient (Wildman–Crippen LogP) is 5.10. The number of halogens is 1. The first kappa shape index (κ1) is 20.7. The Labute approximate surface area is 174 Å². The van der Waals surface area contributed by atoms with Crippen LogP contribution in [0.3, 0.4) is 0 Å². The third-order valence-electron chi connectivity index (χ3n) is 4.41. The van der Waals surface area contributed by atoms with Crippen LogP contribution in [0.2, 0.25) is 5.02 Å². The molecule has 1 aliphatic heterocycles. The molecule has 0 spiro atoms. The van der Waals surface area contributed by atoms with E-state index in [0.717, 1.165) is 12.0 Å². The van der Waals surface area contributed by atoms with E-state index in [1.54, 1.807) is 43.3 Å². The quantitative estimate of drug-likeness (QED) is 0.617. The van der Waals surface area contributed by atoms with Crippen molar-refractivity contribution in [1.29, 1.82) is 0 Å². The molecule has 2 aromatic carbocycles. The zero-order valence-electron chi connectivity index (χ0n) is 16.3. The molecule has 152 valence electrons. The van der Waals surface area contributed by atoms with Gasteiger partial charge in [0.2, 0.25) is 0 Å². The van der Waals surface area contributed by atoms with Crippen LogP contribution in [0, 0.1) is 0 Å². The lowest BCUT2D eigenvalue weighted by Gasteiger charge is -2.29. The summed E-state index contributed by atoms with van der Waals surface area (Å²) in [7, 11) is 0. The highest BCUT2D eigenvalue weighted by atomic mass is 35.5. The molecule has 6 nitrogen and oxygen atoms in total. The van der Waals surface area contributed by atoms with Gasteiger partial charge in [-0.25, -0.2) is 9.59 Å². The third kappa shape index (κ3) is 5.09. The minimum Gasteiger partial charge on any atom is -0.463 e.